The van der Waals surface area contributed by atoms with Crippen LogP contribution in [0.4, 0.5) is 0 Å². The molecule has 0 unspecified atom stereocenters. The van der Waals surface area contributed by atoms with Gasteiger partial charge in [-0.05, 0) is 25.3 Å². The third-order valence-electron chi connectivity index (χ3n) is 4.55. The number of hydrogen-bond acceptors (Lipinski definition) is 3. The molecule has 92 valence electrons. The molecule has 0 atom stereocenters. The molecule has 1 fully saturated rings. The summed E-state index contributed by atoms with van der Waals surface area (Å²) < 4.78 is 11.5. The third kappa shape index (κ3) is 1.13. The van der Waals surface area contributed by atoms with Crippen LogP contribution in [-0.4, -0.2) is 13.2 Å². The highest BCUT2D eigenvalue weighted by molar-refractivity contribution is 5.61. The van der Waals surface area contributed by atoms with E-state index in [-0.39, 0.29) is 5.41 Å². The van der Waals surface area contributed by atoms with Crippen LogP contribution in [0.2, 0.25) is 0 Å². The van der Waals surface area contributed by atoms with E-state index in [2.05, 4.69) is 12.1 Å². The molecule has 2 aliphatic heterocycles. The van der Waals surface area contributed by atoms with Crippen molar-refractivity contribution in [1.82, 2.24) is 0 Å². The van der Waals surface area contributed by atoms with Crippen molar-refractivity contribution >= 4 is 0 Å². The Bertz CT molecular complexity index is 535. The summed E-state index contributed by atoms with van der Waals surface area (Å²) in [6, 6.07) is 4.68. The van der Waals surface area contributed by atoms with Gasteiger partial charge in [0.2, 0.25) is 0 Å². The van der Waals surface area contributed by atoms with Crippen LogP contribution in [0.5, 0.6) is 11.5 Å². The molecule has 3 aliphatic rings. The van der Waals surface area contributed by atoms with Gasteiger partial charge in [-0.1, -0.05) is 0 Å². The van der Waals surface area contributed by atoms with Crippen molar-refractivity contribution in [3.63, 3.8) is 0 Å². The van der Waals surface area contributed by atoms with E-state index in [1.165, 1.54) is 16.7 Å². The molecular weight excluding hydrogens is 226 g/mol. The summed E-state index contributed by atoms with van der Waals surface area (Å²) in [6.07, 6.45) is 4.95. The molecule has 1 aromatic rings. The average molecular weight is 241 g/mol. The first-order valence-electron chi connectivity index (χ1n) is 6.70. The summed E-state index contributed by atoms with van der Waals surface area (Å²) in [5.74, 6) is 2.00. The predicted octanol–water partition coefficient (Wildman–Crippen LogP) is 2.50. The number of fused-ring (bicyclic) bond motifs is 2. The minimum atomic E-state index is -0.298. The minimum Gasteiger partial charge on any atom is -0.493 e. The summed E-state index contributed by atoms with van der Waals surface area (Å²) in [6.45, 7) is 1.49. The second-order valence-corrected chi connectivity index (χ2v) is 5.46. The molecule has 1 aliphatic carbocycles. The van der Waals surface area contributed by atoms with E-state index < -0.39 is 0 Å². The van der Waals surface area contributed by atoms with Crippen LogP contribution in [-0.2, 0) is 18.3 Å². The largest absolute Gasteiger partial charge is 0.493 e. The lowest BCUT2D eigenvalue weighted by Gasteiger charge is -2.37. The van der Waals surface area contributed by atoms with Gasteiger partial charge in [0, 0.05) is 29.5 Å². The van der Waals surface area contributed by atoms with Gasteiger partial charge < -0.3 is 9.47 Å². The van der Waals surface area contributed by atoms with Crippen LogP contribution >= 0.6 is 0 Å². The molecule has 0 radical (unpaired) electrons. The van der Waals surface area contributed by atoms with Crippen molar-refractivity contribution in [3.8, 4) is 17.6 Å². The summed E-state index contributed by atoms with van der Waals surface area (Å²) in [5.41, 5.74) is 3.33. The SMILES string of the molecule is N#CC1(c2c3c(cc4c2OCC4)OCC3)CCC1. The van der Waals surface area contributed by atoms with Crippen LogP contribution in [0.25, 0.3) is 0 Å². The Hall–Kier alpha value is -1.69. The zero-order valence-corrected chi connectivity index (χ0v) is 10.3. The molecule has 0 N–H and O–H groups in total. The first-order valence-corrected chi connectivity index (χ1v) is 6.70. The van der Waals surface area contributed by atoms with Crippen LogP contribution in [0.1, 0.15) is 36.0 Å². The normalized spacial score (nSPS) is 22.2. The van der Waals surface area contributed by atoms with E-state index in [1.54, 1.807) is 0 Å². The van der Waals surface area contributed by atoms with Crippen molar-refractivity contribution in [2.24, 2.45) is 0 Å². The lowest BCUT2D eigenvalue weighted by Crippen LogP contribution is -2.33. The summed E-state index contributed by atoms with van der Waals surface area (Å²) in [7, 11) is 0. The highest BCUT2D eigenvalue weighted by atomic mass is 16.5. The maximum atomic E-state index is 9.61. The quantitative estimate of drug-likeness (QED) is 0.758. The van der Waals surface area contributed by atoms with Crippen molar-refractivity contribution in [2.45, 2.75) is 37.5 Å². The molecule has 0 aromatic heterocycles. The van der Waals surface area contributed by atoms with Gasteiger partial charge in [-0.3, -0.25) is 0 Å². The molecule has 0 spiro atoms. The minimum absolute atomic E-state index is 0.298. The van der Waals surface area contributed by atoms with Crippen LogP contribution in [0.3, 0.4) is 0 Å². The van der Waals surface area contributed by atoms with Crippen molar-refractivity contribution in [1.29, 1.82) is 5.26 Å². The van der Waals surface area contributed by atoms with Gasteiger partial charge in [0.05, 0.1) is 24.7 Å². The van der Waals surface area contributed by atoms with Gasteiger partial charge in [-0.15, -0.1) is 0 Å². The second-order valence-electron chi connectivity index (χ2n) is 5.46. The highest BCUT2D eigenvalue weighted by Gasteiger charge is 2.45. The molecule has 2 heterocycles. The average Bonchev–Trinajstić information content (AvgIpc) is 2.94. The lowest BCUT2D eigenvalue weighted by atomic mass is 9.63. The van der Waals surface area contributed by atoms with Gasteiger partial charge in [-0.2, -0.15) is 5.26 Å². The van der Waals surface area contributed by atoms with Crippen molar-refractivity contribution in [2.75, 3.05) is 13.2 Å². The van der Waals surface area contributed by atoms with Crippen molar-refractivity contribution < 1.29 is 9.47 Å². The fraction of sp³-hybridized carbons (Fsp3) is 0.533. The van der Waals surface area contributed by atoms with Crippen LogP contribution in [0, 0.1) is 11.3 Å². The number of ether oxygens (including phenoxy) is 2. The van der Waals surface area contributed by atoms with Gasteiger partial charge >= 0.3 is 0 Å². The maximum absolute atomic E-state index is 9.61. The Morgan fingerprint density at radius 3 is 2.72 bits per heavy atom. The zero-order chi connectivity index (χ0) is 12.2. The van der Waals surface area contributed by atoms with Gasteiger partial charge in [0.25, 0.3) is 0 Å². The summed E-state index contributed by atoms with van der Waals surface area (Å²) in [5, 5.41) is 9.61. The molecule has 3 nitrogen and oxygen atoms in total. The first kappa shape index (κ1) is 10.3. The molecular formula is C15H15NO2. The summed E-state index contributed by atoms with van der Waals surface area (Å²) >= 11 is 0. The first-order chi connectivity index (χ1) is 8.84. The van der Waals surface area contributed by atoms with E-state index in [1.807, 2.05) is 0 Å². The molecule has 0 bridgehead atoms. The molecule has 3 heteroatoms. The summed E-state index contributed by atoms with van der Waals surface area (Å²) in [4.78, 5) is 0. The smallest absolute Gasteiger partial charge is 0.127 e. The number of benzene rings is 1. The number of nitrogens with zero attached hydrogens (tertiary/aromatic N) is 1. The fourth-order valence-electron chi connectivity index (χ4n) is 3.44. The van der Waals surface area contributed by atoms with E-state index in [0.717, 1.165) is 56.8 Å². The van der Waals surface area contributed by atoms with Crippen LogP contribution in [0.15, 0.2) is 6.07 Å². The Morgan fingerprint density at radius 2 is 2.00 bits per heavy atom. The molecule has 0 amide bonds. The van der Waals surface area contributed by atoms with E-state index in [0.29, 0.717) is 0 Å². The third-order valence-corrected chi connectivity index (χ3v) is 4.55. The maximum Gasteiger partial charge on any atom is 0.127 e. The van der Waals surface area contributed by atoms with Gasteiger partial charge in [0.15, 0.2) is 0 Å². The fourth-order valence-corrected chi connectivity index (χ4v) is 3.44. The predicted molar refractivity (Wildman–Crippen MR) is 66.0 cm³/mol. The topological polar surface area (TPSA) is 42.2 Å². The molecule has 0 saturated heterocycles. The van der Waals surface area contributed by atoms with E-state index in [4.69, 9.17) is 9.47 Å². The standard InChI is InChI=1S/C15H15NO2/c16-9-15(4-1-5-15)13-11-3-7-17-12(11)8-10-2-6-18-14(10)13/h8H,1-7H2. The van der Waals surface area contributed by atoms with Gasteiger partial charge in [-0.25, -0.2) is 0 Å². The molecule has 18 heavy (non-hydrogen) atoms. The molecule has 4 rings (SSSR count). The van der Waals surface area contributed by atoms with E-state index >= 15 is 0 Å². The second kappa shape index (κ2) is 3.41. The van der Waals surface area contributed by atoms with Crippen molar-refractivity contribution in [3.05, 3.63) is 22.8 Å². The van der Waals surface area contributed by atoms with Crippen LogP contribution < -0.4 is 9.47 Å². The van der Waals surface area contributed by atoms with Gasteiger partial charge in [0.1, 0.15) is 11.5 Å². The molecule has 1 saturated carbocycles. The Morgan fingerprint density at radius 1 is 1.17 bits per heavy atom. The lowest BCUT2D eigenvalue weighted by molar-refractivity contribution is 0.296. The Labute approximate surface area is 106 Å². The Kier molecular flexibility index (Phi) is 1.94. The molecule has 1 aromatic carbocycles. The zero-order valence-electron chi connectivity index (χ0n) is 10.3. The number of nitriles is 1. The number of hydrogen-bond donors (Lipinski definition) is 0. The van der Waals surface area contributed by atoms with E-state index in [9.17, 15) is 5.26 Å². The highest BCUT2D eigenvalue weighted by Crippen LogP contribution is 2.53. The Balaban J connectivity index is 1.99. The monoisotopic (exact) mass is 241 g/mol. The number of rotatable bonds is 1.